The number of benzene rings is 6. The van der Waals surface area contributed by atoms with Gasteiger partial charge in [0, 0.05) is 27.3 Å². The Bertz CT molecular complexity index is 2650. The molecular weight excluding hydrogens is 647 g/mol. The summed E-state index contributed by atoms with van der Waals surface area (Å²) in [7, 11) is 1.67. The van der Waals surface area contributed by atoms with Gasteiger partial charge in [-0.05, 0) is 134 Å². The molecule has 0 amide bonds. The maximum atomic E-state index is 15.3. The normalized spacial score (nSPS) is 20.2. The zero-order valence-corrected chi connectivity index (χ0v) is 30.0. The fourth-order valence-corrected chi connectivity index (χ4v) is 9.79. The van der Waals surface area contributed by atoms with Gasteiger partial charge >= 0.3 is 0 Å². The first-order valence-electron chi connectivity index (χ1n) is 18.1. The quantitative estimate of drug-likeness (QED) is 0.185. The molecule has 6 aromatic rings. The number of allylic oxidation sites excluding steroid dienone is 3. The van der Waals surface area contributed by atoms with Gasteiger partial charge in [-0.2, -0.15) is 0 Å². The van der Waals surface area contributed by atoms with Crippen LogP contribution >= 0.6 is 0 Å². The lowest BCUT2D eigenvalue weighted by molar-refractivity contribution is 0.154. The monoisotopic (exact) mass is 684 g/mol. The van der Waals surface area contributed by atoms with Crippen molar-refractivity contribution < 1.29 is 18.3 Å². The number of ether oxygens (including phenoxy) is 2. The molecule has 0 saturated heterocycles. The van der Waals surface area contributed by atoms with Crippen molar-refractivity contribution in [1.82, 2.24) is 0 Å². The van der Waals surface area contributed by atoms with Crippen LogP contribution in [0.4, 0.5) is 8.78 Å². The minimum Gasteiger partial charge on any atom is -0.497 e. The van der Waals surface area contributed by atoms with Crippen molar-refractivity contribution in [2.45, 2.75) is 57.0 Å². The molecule has 0 radical (unpaired) electrons. The summed E-state index contributed by atoms with van der Waals surface area (Å²) in [5, 5.41) is 4.11. The van der Waals surface area contributed by atoms with Crippen molar-refractivity contribution in [1.29, 1.82) is 0 Å². The van der Waals surface area contributed by atoms with E-state index in [0.717, 1.165) is 62.9 Å². The molecule has 4 aliphatic rings. The first-order chi connectivity index (χ1) is 25.0. The summed E-state index contributed by atoms with van der Waals surface area (Å²) in [5.74, 6) is 0.813. The van der Waals surface area contributed by atoms with Gasteiger partial charge in [0.15, 0.2) is 5.60 Å². The van der Waals surface area contributed by atoms with Gasteiger partial charge in [-0.25, -0.2) is 8.78 Å². The van der Waals surface area contributed by atoms with Crippen LogP contribution in [0.2, 0.25) is 0 Å². The van der Waals surface area contributed by atoms with Crippen molar-refractivity contribution in [3.8, 4) is 22.6 Å². The molecule has 10 rings (SSSR count). The Balaban J connectivity index is 1.22. The predicted molar refractivity (Wildman–Crippen MR) is 207 cm³/mol. The Labute approximate surface area is 302 Å². The Morgan fingerprint density at radius 3 is 2.17 bits per heavy atom. The molecule has 0 saturated carbocycles. The highest BCUT2D eigenvalue weighted by atomic mass is 19.1. The first kappa shape index (κ1) is 31.3. The number of hydrogen-bond donors (Lipinski definition) is 0. The van der Waals surface area contributed by atoms with Crippen LogP contribution in [0.3, 0.4) is 0 Å². The number of hydrogen-bond acceptors (Lipinski definition) is 2. The average Bonchev–Trinajstić information content (AvgIpc) is 3.52. The van der Waals surface area contributed by atoms with Gasteiger partial charge in [-0.3, -0.25) is 0 Å². The molecule has 4 heteroatoms. The first-order valence-corrected chi connectivity index (χ1v) is 18.1. The molecule has 0 fully saturated rings. The Hall–Kier alpha value is -5.48. The molecule has 1 atom stereocenters. The van der Waals surface area contributed by atoms with E-state index in [0.29, 0.717) is 11.1 Å². The predicted octanol–water partition coefficient (Wildman–Crippen LogP) is 12.4. The number of methoxy groups -OCH3 is 1. The van der Waals surface area contributed by atoms with Crippen molar-refractivity contribution in [2.24, 2.45) is 0 Å². The summed E-state index contributed by atoms with van der Waals surface area (Å²) in [4.78, 5) is 0. The third kappa shape index (κ3) is 4.09. The van der Waals surface area contributed by atoms with Gasteiger partial charge in [0.2, 0.25) is 0 Å². The third-order valence-corrected chi connectivity index (χ3v) is 12.4. The molecule has 256 valence electrons. The highest BCUT2D eigenvalue weighted by molar-refractivity contribution is 6.08. The van der Waals surface area contributed by atoms with E-state index in [1.165, 1.54) is 45.2 Å². The summed E-state index contributed by atoms with van der Waals surface area (Å²) in [6.07, 6.45) is 8.44. The lowest BCUT2D eigenvalue weighted by atomic mass is 9.73. The molecule has 1 unspecified atom stereocenters. The summed E-state index contributed by atoms with van der Waals surface area (Å²) in [5.41, 5.74) is 10.7. The molecule has 1 aliphatic heterocycles. The van der Waals surface area contributed by atoms with Gasteiger partial charge < -0.3 is 9.47 Å². The molecule has 0 aromatic heterocycles. The number of fused-ring (bicyclic) bond motifs is 11. The lowest BCUT2D eigenvalue weighted by Gasteiger charge is -2.41. The van der Waals surface area contributed by atoms with Crippen molar-refractivity contribution >= 4 is 33.2 Å². The van der Waals surface area contributed by atoms with Gasteiger partial charge in [-0.1, -0.05) is 88.4 Å². The van der Waals surface area contributed by atoms with E-state index in [9.17, 15) is 4.39 Å². The van der Waals surface area contributed by atoms with E-state index < -0.39 is 11.0 Å². The zero-order valence-electron chi connectivity index (χ0n) is 30.0. The van der Waals surface area contributed by atoms with Crippen LogP contribution in [-0.2, 0) is 16.4 Å². The topological polar surface area (TPSA) is 18.5 Å². The molecule has 3 aliphatic carbocycles. The summed E-state index contributed by atoms with van der Waals surface area (Å²) < 4.78 is 43.2. The van der Waals surface area contributed by atoms with Gasteiger partial charge in [0.25, 0.3) is 0 Å². The van der Waals surface area contributed by atoms with E-state index in [4.69, 9.17) is 9.47 Å². The second-order valence-electron chi connectivity index (χ2n) is 15.8. The summed E-state index contributed by atoms with van der Waals surface area (Å²) in [6.45, 7) is 8.95. The molecule has 6 aromatic carbocycles. The third-order valence-electron chi connectivity index (χ3n) is 12.4. The van der Waals surface area contributed by atoms with Crippen molar-refractivity contribution in [2.75, 3.05) is 7.11 Å². The van der Waals surface area contributed by atoms with Gasteiger partial charge in [0.1, 0.15) is 23.1 Å². The highest BCUT2D eigenvalue weighted by Gasteiger charge is 2.47. The molecular formula is C48H38F2O2. The largest absolute Gasteiger partial charge is 0.497 e. The van der Waals surface area contributed by atoms with Crippen LogP contribution in [0, 0.1) is 11.6 Å². The molecule has 0 bridgehead atoms. The number of halogens is 2. The Morgan fingerprint density at radius 1 is 0.692 bits per heavy atom. The van der Waals surface area contributed by atoms with Crippen LogP contribution in [0.5, 0.6) is 11.5 Å². The Morgan fingerprint density at radius 2 is 1.40 bits per heavy atom. The average molecular weight is 685 g/mol. The van der Waals surface area contributed by atoms with Gasteiger partial charge in [0.05, 0.1) is 7.11 Å². The molecule has 52 heavy (non-hydrogen) atoms. The SMILES string of the molecule is COc1ccc(C2(C3=CC4=C(CC3)c3cc5ccccc5cc3C4(C)C)C=Cc3c4c(c5ccc(F)cc5c3O2)-c2ccc(F)cc2C4(C)C)cc1. The standard InChI is InChI=1S/C48H38F2O2/c1-46(2)40-23-28-9-7-6-8-27(28)22-38(40)34-17-12-30(24-41(34)46)48(29-10-15-33(51-5)16-11-29)21-20-37-44-43(35-18-13-31(49)25-39(35)45(37)52-48)36-19-14-32(50)26-42(36)47(44,3)4/h6-11,13-16,18-26H,12,17H2,1-5H3. The fourth-order valence-electron chi connectivity index (χ4n) is 9.79. The zero-order chi connectivity index (χ0) is 35.7. The Kier molecular flexibility index (Phi) is 6.34. The molecule has 0 spiro atoms. The molecule has 1 heterocycles. The summed E-state index contributed by atoms with van der Waals surface area (Å²) >= 11 is 0. The van der Waals surface area contributed by atoms with Crippen LogP contribution in [-0.4, -0.2) is 7.11 Å². The van der Waals surface area contributed by atoms with E-state index in [1.54, 1.807) is 19.2 Å². The highest BCUT2D eigenvalue weighted by Crippen LogP contribution is 2.60. The molecule has 0 N–H and O–H groups in total. The van der Waals surface area contributed by atoms with Crippen LogP contribution in [0.1, 0.15) is 73.9 Å². The van der Waals surface area contributed by atoms with E-state index in [1.807, 2.05) is 24.3 Å². The second-order valence-corrected chi connectivity index (χ2v) is 15.8. The van der Waals surface area contributed by atoms with Crippen LogP contribution in [0.25, 0.3) is 44.3 Å². The van der Waals surface area contributed by atoms with E-state index in [-0.39, 0.29) is 17.0 Å². The number of rotatable bonds is 3. The lowest BCUT2D eigenvalue weighted by Crippen LogP contribution is -2.37. The molecule has 2 nitrogen and oxygen atoms in total. The minimum absolute atomic E-state index is 0.209. The smallest absolute Gasteiger partial charge is 0.174 e. The minimum atomic E-state index is -0.970. The van der Waals surface area contributed by atoms with E-state index >= 15 is 4.39 Å². The fraction of sp³-hybridized carbons (Fsp3) is 0.208. The van der Waals surface area contributed by atoms with Crippen LogP contribution < -0.4 is 9.47 Å². The second kappa shape index (κ2) is 10.5. The van der Waals surface area contributed by atoms with Crippen LogP contribution in [0.15, 0.2) is 120 Å². The summed E-state index contributed by atoms with van der Waals surface area (Å²) in [6, 6.07) is 31.5. The van der Waals surface area contributed by atoms with E-state index in [2.05, 4.69) is 94.5 Å². The van der Waals surface area contributed by atoms with Crippen molar-refractivity contribution in [3.63, 3.8) is 0 Å². The van der Waals surface area contributed by atoms with Crippen molar-refractivity contribution in [3.05, 3.63) is 165 Å². The maximum absolute atomic E-state index is 15.3. The maximum Gasteiger partial charge on any atom is 0.174 e. The van der Waals surface area contributed by atoms with Gasteiger partial charge in [-0.15, -0.1) is 0 Å².